The lowest BCUT2D eigenvalue weighted by atomic mass is 10.1. The topological polar surface area (TPSA) is 88.4 Å². The smallest absolute Gasteiger partial charge is 0.0701 e. The summed E-state index contributed by atoms with van der Waals surface area (Å²) in [6.45, 7) is 5.41. The molecule has 22 heavy (non-hydrogen) atoms. The normalized spacial score (nSPS) is 10.4. The molecule has 0 bridgehead atoms. The summed E-state index contributed by atoms with van der Waals surface area (Å²) in [7, 11) is 0. The number of unbranched alkanes of at least 4 members (excludes halogenated alkanes) is 5. The summed E-state index contributed by atoms with van der Waals surface area (Å²) in [5.41, 5.74) is 0. The van der Waals surface area contributed by atoms with Crippen molar-refractivity contribution in [3.05, 3.63) is 0 Å². The number of aliphatic hydroxyl groups is 3. The summed E-state index contributed by atoms with van der Waals surface area (Å²) in [5.74, 6) is 0. The third kappa shape index (κ3) is 28.0. The number of rotatable bonds is 16. The first-order valence-electron chi connectivity index (χ1n) is 8.39. The van der Waals surface area contributed by atoms with Gasteiger partial charge in [-0.2, -0.15) is 0 Å². The van der Waals surface area contributed by atoms with Gasteiger partial charge in [-0.3, -0.25) is 0 Å². The molecule has 0 atom stereocenters. The second-order valence-electron chi connectivity index (χ2n) is 4.78. The van der Waals surface area contributed by atoms with Crippen molar-refractivity contribution in [1.82, 2.24) is 0 Å². The van der Waals surface area contributed by atoms with Crippen molar-refractivity contribution in [2.45, 2.75) is 45.4 Å². The van der Waals surface area contributed by atoms with Crippen molar-refractivity contribution in [2.75, 3.05) is 59.5 Å². The Bertz CT molecular complexity index is 151. The molecule has 0 saturated carbocycles. The first-order valence-corrected chi connectivity index (χ1v) is 8.39. The SMILES string of the molecule is CCCCCCCCOCCO.OCCOCCOCCO. The standard InChI is InChI=1S/C10H22O2.C6H14O4/c1-2-3-4-5-6-7-9-12-10-8-11;7-1-3-9-5-6-10-4-2-8/h11H,2-10H2,1H3;7-8H,1-6H2. The van der Waals surface area contributed by atoms with E-state index in [1.165, 1.54) is 32.1 Å². The van der Waals surface area contributed by atoms with Crippen LogP contribution in [0.2, 0.25) is 0 Å². The zero-order chi connectivity index (χ0) is 16.7. The van der Waals surface area contributed by atoms with Crippen LogP contribution in [0.15, 0.2) is 0 Å². The van der Waals surface area contributed by atoms with Crippen LogP contribution in [0, 0.1) is 0 Å². The average Bonchev–Trinajstić information content (AvgIpc) is 2.54. The van der Waals surface area contributed by atoms with Gasteiger partial charge in [0.2, 0.25) is 0 Å². The molecule has 0 heterocycles. The maximum Gasteiger partial charge on any atom is 0.0701 e. The van der Waals surface area contributed by atoms with E-state index in [0.29, 0.717) is 33.0 Å². The van der Waals surface area contributed by atoms with E-state index in [9.17, 15) is 0 Å². The number of hydrogen-bond acceptors (Lipinski definition) is 6. The Balaban J connectivity index is 0. The Kier molecular flexibility index (Phi) is 28.1. The Hall–Kier alpha value is -0.240. The van der Waals surface area contributed by atoms with Crippen molar-refractivity contribution in [2.24, 2.45) is 0 Å². The molecule has 0 aliphatic heterocycles. The van der Waals surface area contributed by atoms with Crippen LogP contribution in [-0.2, 0) is 14.2 Å². The lowest BCUT2D eigenvalue weighted by Gasteiger charge is -2.01. The van der Waals surface area contributed by atoms with Crippen molar-refractivity contribution < 1.29 is 29.5 Å². The monoisotopic (exact) mass is 324 g/mol. The van der Waals surface area contributed by atoms with Gasteiger partial charge < -0.3 is 29.5 Å². The Morgan fingerprint density at radius 2 is 0.909 bits per heavy atom. The maximum absolute atomic E-state index is 8.41. The molecule has 6 heteroatoms. The molecular formula is C16H36O6. The van der Waals surface area contributed by atoms with E-state index in [2.05, 4.69) is 6.92 Å². The summed E-state index contributed by atoms with van der Waals surface area (Å²) >= 11 is 0. The number of hydrogen-bond donors (Lipinski definition) is 3. The molecule has 0 rings (SSSR count). The van der Waals surface area contributed by atoms with Gasteiger partial charge in [0.1, 0.15) is 0 Å². The summed E-state index contributed by atoms with van der Waals surface area (Å²) in [6, 6.07) is 0. The van der Waals surface area contributed by atoms with Crippen LogP contribution in [0.1, 0.15) is 45.4 Å². The summed E-state index contributed by atoms with van der Waals surface area (Å²) in [4.78, 5) is 0. The second kappa shape index (κ2) is 25.7. The first-order chi connectivity index (χ1) is 10.8. The van der Waals surface area contributed by atoms with Gasteiger partial charge in [0, 0.05) is 6.61 Å². The fourth-order valence-corrected chi connectivity index (χ4v) is 1.60. The van der Waals surface area contributed by atoms with Gasteiger partial charge in [0.25, 0.3) is 0 Å². The van der Waals surface area contributed by atoms with E-state index >= 15 is 0 Å². The minimum absolute atomic E-state index is 0.0417. The first kappa shape index (κ1) is 24.0. The minimum atomic E-state index is 0.0417. The van der Waals surface area contributed by atoms with Gasteiger partial charge in [-0.05, 0) is 6.42 Å². The van der Waals surface area contributed by atoms with Crippen LogP contribution >= 0.6 is 0 Å². The molecular weight excluding hydrogens is 288 g/mol. The fourth-order valence-electron chi connectivity index (χ4n) is 1.60. The molecule has 0 fully saturated rings. The second-order valence-corrected chi connectivity index (χ2v) is 4.78. The summed E-state index contributed by atoms with van der Waals surface area (Å²) in [6.07, 6.45) is 7.76. The van der Waals surface area contributed by atoms with E-state index in [-0.39, 0.29) is 19.8 Å². The maximum atomic E-state index is 8.41. The van der Waals surface area contributed by atoms with Gasteiger partial charge in [-0.15, -0.1) is 0 Å². The molecule has 0 spiro atoms. The summed E-state index contributed by atoms with van der Waals surface area (Å²) in [5, 5.41) is 24.9. The third-order valence-electron chi connectivity index (χ3n) is 2.72. The van der Waals surface area contributed by atoms with E-state index in [1.54, 1.807) is 0 Å². The van der Waals surface area contributed by atoms with Crippen molar-refractivity contribution >= 4 is 0 Å². The molecule has 0 aliphatic carbocycles. The lowest BCUT2D eigenvalue weighted by Crippen LogP contribution is -2.09. The molecule has 136 valence electrons. The van der Waals surface area contributed by atoms with Gasteiger partial charge in [-0.25, -0.2) is 0 Å². The van der Waals surface area contributed by atoms with Gasteiger partial charge in [0.05, 0.1) is 52.9 Å². The Labute approximate surface area is 135 Å². The van der Waals surface area contributed by atoms with Crippen LogP contribution in [0.3, 0.4) is 0 Å². The van der Waals surface area contributed by atoms with E-state index in [4.69, 9.17) is 29.5 Å². The number of aliphatic hydroxyl groups excluding tert-OH is 3. The molecule has 0 radical (unpaired) electrons. The highest BCUT2D eigenvalue weighted by atomic mass is 16.5. The lowest BCUT2D eigenvalue weighted by molar-refractivity contribution is 0.0222. The predicted octanol–water partition coefficient (Wildman–Crippen LogP) is 1.36. The molecule has 3 N–H and O–H groups in total. The van der Waals surface area contributed by atoms with E-state index in [0.717, 1.165) is 13.0 Å². The van der Waals surface area contributed by atoms with Gasteiger partial charge >= 0.3 is 0 Å². The highest BCUT2D eigenvalue weighted by Crippen LogP contribution is 2.04. The molecule has 0 aromatic carbocycles. The van der Waals surface area contributed by atoms with Crippen LogP contribution < -0.4 is 0 Å². The molecule has 6 nitrogen and oxygen atoms in total. The Morgan fingerprint density at radius 3 is 1.36 bits per heavy atom. The quantitative estimate of drug-likeness (QED) is 0.372. The average molecular weight is 324 g/mol. The summed E-state index contributed by atoms with van der Waals surface area (Å²) < 4.78 is 14.9. The van der Waals surface area contributed by atoms with Crippen LogP contribution in [-0.4, -0.2) is 74.8 Å². The minimum Gasteiger partial charge on any atom is -0.394 e. The van der Waals surface area contributed by atoms with Crippen LogP contribution in [0.4, 0.5) is 0 Å². The van der Waals surface area contributed by atoms with Crippen LogP contribution in [0.5, 0.6) is 0 Å². The largest absolute Gasteiger partial charge is 0.394 e. The van der Waals surface area contributed by atoms with E-state index in [1.807, 2.05) is 0 Å². The third-order valence-corrected chi connectivity index (χ3v) is 2.72. The van der Waals surface area contributed by atoms with Crippen molar-refractivity contribution in [3.8, 4) is 0 Å². The zero-order valence-corrected chi connectivity index (χ0v) is 14.2. The van der Waals surface area contributed by atoms with Crippen molar-refractivity contribution in [1.29, 1.82) is 0 Å². The van der Waals surface area contributed by atoms with E-state index < -0.39 is 0 Å². The molecule has 0 aromatic heterocycles. The molecule has 0 aliphatic rings. The molecule has 0 saturated heterocycles. The predicted molar refractivity (Wildman–Crippen MR) is 87.1 cm³/mol. The zero-order valence-electron chi connectivity index (χ0n) is 14.2. The molecule has 0 amide bonds. The Morgan fingerprint density at radius 1 is 0.500 bits per heavy atom. The molecule has 0 unspecified atom stereocenters. The van der Waals surface area contributed by atoms with Crippen molar-refractivity contribution in [3.63, 3.8) is 0 Å². The highest BCUT2D eigenvalue weighted by molar-refractivity contribution is 4.43. The van der Waals surface area contributed by atoms with Gasteiger partial charge in [-0.1, -0.05) is 39.0 Å². The van der Waals surface area contributed by atoms with Gasteiger partial charge in [0.15, 0.2) is 0 Å². The fraction of sp³-hybridized carbons (Fsp3) is 1.00. The van der Waals surface area contributed by atoms with Crippen LogP contribution in [0.25, 0.3) is 0 Å². The highest BCUT2D eigenvalue weighted by Gasteiger charge is 1.90. The molecule has 0 aromatic rings. The number of ether oxygens (including phenoxy) is 3.